The summed E-state index contributed by atoms with van der Waals surface area (Å²) in [5.41, 5.74) is 12.0. The summed E-state index contributed by atoms with van der Waals surface area (Å²) in [6.45, 7) is 6.07. The van der Waals surface area contributed by atoms with Gasteiger partial charge >= 0.3 is 5.97 Å². The zero-order chi connectivity index (χ0) is 24.7. The highest BCUT2D eigenvalue weighted by Gasteiger charge is 2.30. The monoisotopic (exact) mass is 470 g/mol. The lowest BCUT2D eigenvalue weighted by Crippen LogP contribution is -2.56. The van der Waals surface area contributed by atoms with E-state index in [-0.39, 0.29) is 23.7 Å². The summed E-state index contributed by atoms with van der Waals surface area (Å²) in [5, 5.41) is 12.6. The van der Waals surface area contributed by atoms with Gasteiger partial charge in [-0.15, -0.1) is 0 Å². The number of nitriles is 1. The third-order valence-electron chi connectivity index (χ3n) is 6.75. The van der Waals surface area contributed by atoms with Crippen molar-refractivity contribution < 1.29 is 9.53 Å². The Bertz CT molecular complexity index is 1420. The van der Waals surface area contributed by atoms with E-state index in [9.17, 15) is 9.59 Å². The number of aromatic nitrogens is 2. The number of hydrogen-bond acceptors (Lipinski definition) is 8. The second-order valence-electron chi connectivity index (χ2n) is 9.11. The highest BCUT2D eigenvalue weighted by atomic mass is 16.5. The standard InChI is InChI=1S/C26H26N6O3/c1-15-7-24(29-10-18(15)9-27)32-6-5-17(8-25(32)33)11-31-12-22(30-23(28)13-31)19-3-4-20-21(16(19)2)14-35-26(20)34/h3-8,10,22-23,30H,11-14,28H2,1-2H3/t22-,23+/m0/s1. The van der Waals surface area contributed by atoms with Crippen molar-refractivity contribution >= 4 is 5.97 Å². The minimum absolute atomic E-state index is 0.00838. The lowest BCUT2D eigenvalue weighted by Gasteiger charge is -2.38. The molecule has 35 heavy (non-hydrogen) atoms. The molecule has 0 aliphatic carbocycles. The van der Waals surface area contributed by atoms with Crippen LogP contribution in [0.4, 0.5) is 0 Å². The fourth-order valence-electron chi connectivity index (χ4n) is 4.89. The number of pyridine rings is 2. The Kier molecular flexibility index (Phi) is 5.94. The molecule has 0 radical (unpaired) electrons. The zero-order valence-corrected chi connectivity index (χ0v) is 19.6. The molecule has 2 aliphatic heterocycles. The van der Waals surface area contributed by atoms with E-state index in [1.807, 2.05) is 32.0 Å². The third-order valence-corrected chi connectivity index (χ3v) is 6.75. The van der Waals surface area contributed by atoms with Crippen LogP contribution >= 0.6 is 0 Å². The number of piperazine rings is 1. The number of aryl methyl sites for hydroxylation is 1. The van der Waals surface area contributed by atoms with Gasteiger partial charge in [-0.05, 0) is 54.3 Å². The molecular formula is C26H26N6O3. The first-order chi connectivity index (χ1) is 16.8. The first kappa shape index (κ1) is 22.9. The van der Waals surface area contributed by atoms with Crippen molar-refractivity contribution in [3.8, 4) is 11.9 Å². The molecule has 0 spiro atoms. The van der Waals surface area contributed by atoms with Crippen molar-refractivity contribution in [2.24, 2.45) is 5.73 Å². The fraction of sp³-hybridized carbons (Fsp3) is 0.308. The molecule has 1 saturated heterocycles. The number of cyclic esters (lactones) is 1. The molecule has 4 heterocycles. The second-order valence-corrected chi connectivity index (χ2v) is 9.11. The van der Waals surface area contributed by atoms with Crippen molar-refractivity contribution in [3.05, 3.63) is 92.0 Å². The molecule has 0 unspecified atom stereocenters. The van der Waals surface area contributed by atoms with Crippen LogP contribution in [-0.4, -0.2) is 39.7 Å². The summed E-state index contributed by atoms with van der Waals surface area (Å²) in [4.78, 5) is 31.2. The predicted octanol–water partition coefficient (Wildman–Crippen LogP) is 1.82. The predicted molar refractivity (Wildman–Crippen MR) is 129 cm³/mol. The van der Waals surface area contributed by atoms with E-state index in [2.05, 4.69) is 21.3 Å². The molecule has 0 saturated carbocycles. The van der Waals surface area contributed by atoms with Gasteiger partial charge in [0.2, 0.25) is 0 Å². The van der Waals surface area contributed by atoms with Gasteiger partial charge in [-0.2, -0.15) is 5.26 Å². The number of nitrogens with zero attached hydrogens (tertiary/aromatic N) is 4. The zero-order valence-electron chi connectivity index (χ0n) is 19.6. The molecule has 2 aliphatic rings. The van der Waals surface area contributed by atoms with E-state index in [0.29, 0.717) is 43.2 Å². The molecule has 0 bridgehead atoms. The van der Waals surface area contributed by atoms with Crippen LogP contribution in [0.3, 0.4) is 0 Å². The maximum Gasteiger partial charge on any atom is 0.338 e. The van der Waals surface area contributed by atoms with Crippen molar-refractivity contribution in [1.29, 1.82) is 5.26 Å². The number of benzene rings is 1. The Hall–Kier alpha value is -3.84. The summed E-state index contributed by atoms with van der Waals surface area (Å²) < 4.78 is 6.67. The number of hydrogen-bond donors (Lipinski definition) is 2. The summed E-state index contributed by atoms with van der Waals surface area (Å²) >= 11 is 0. The Balaban J connectivity index is 1.35. The van der Waals surface area contributed by atoms with Crippen molar-refractivity contribution in [2.45, 2.75) is 39.2 Å². The van der Waals surface area contributed by atoms with Crippen LogP contribution in [0, 0.1) is 25.2 Å². The first-order valence-corrected chi connectivity index (χ1v) is 11.5. The van der Waals surface area contributed by atoms with Gasteiger partial charge in [-0.25, -0.2) is 9.78 Å². The summed E-state index contributed by atoms with van der Waals surface area (Å²) in [6, 6.07) is 11.1. The maximum atomic E-state index is 12.8. The number of nitrogens with one attached hydrogen (secondary N) is 1. The number of fused-ring (bicyclic) bond motifs is 1. The van der Waals surface area contributed by atoms with Crippen LogP contribution < -0.4 is 16.6 Å². The highest BCUT2D eigenvalue weighted by Crippen LogP contribution is 2.30. The molecule has 9 heteroatoms. The minimum atomic E-state index is -0.273. The summed E-state index contributed by atoms with van der Waals surface area (Å²) in [5.74, 6) is 0.211. The van der Waals surface area contributed by atoms with E-state index < -0.39 is 0 Å². The van der Waals surface area contributed by atoms with Gasteiger partial charge in [0.25, 0.3) is 5.56 Å². The molecule has 2 aromatic heterocycles. The Morgan fingerprint density at radius 3 is 2.80 bits per heavy atom. The van der Waals surface area contributed by atoms with E-state index in [1.165, 1.54) is 10.8 Å². The number of carbonyl (C=O) groups is 1. The topological polar surface area (TPSA) is 126 Å². The smallest absolute Gasteiger partial charge is 0.338 e. The van der Waals surface area contributed by atoms with Crippen LogP contribution in [0.25, 0.3) is 5.82 Å². The number of nitrogens with two attached hydrogens (primary N) is 1. The van der Waals surface area contributed by atoms with Gasteiger partial charge < -0.3 is 10.5 Å². The number of rotatable bonds is 4. The Morgan fingerprint density at radius 1 is 1.23 bits per heavy atom. The number of esters is 1. The molecule has 3 N–H and O–H groups in total. The average molecular weight is 471 g/mol. The van der Waals surface area contributed by atoms with Gasteiger partial charge in [0.05, 0.1) is 17.3 Å². The van der Waals surface area contributed by atoms with E-state index in [4.69, 9.17) is 15.7 Å². The molecule has 1 aromatic carbocycles. The molecule has 9 nitrogen and oxygen atoms in total. The van der Waals surface area contributed by atoms with Gasteiger partial charge in [0, 0.05) is 49.7 Å². The second kappa shape index (κ2) is 9.07. The molecule has 178 valence electrons. The van der Waals surface area contributed by atoms with Crippen LogP contribution in [0.5, 0.6) is 0 Å². The molecule has 2 atom stereocenters. The Labute approximate surface area is 202 Å². The molecule has 5 rings (SSSR count). The van der Waals surface area contributed by atoms with Crippen molar-refractivity contribution in [2.75, 3.05) is 13.1 Å². The van der Waals surface area contributed by atoms with E-state index in [1.54, 1.807) is 18.3 Å². The van der Waals surface area contributed by atoms with Gasteiger partial charge in [-0.1, -0.05) is 6.07 Å². The maximum absolute atomic E-state index is 12.8. The molecule has 1 fully saturated rings. The SMILES string of the molecule is Cc1cc(-n2ccc(CN3C[C@@H](c4ccc5c(c4C)COC5=O)N[C@@H](N)C3)cc2=O)ncc1C#N. The van der Waals surface area contributed by atoms with E-state index in [0.717, 1.165) is 27.8 Å². The van der Waals surface area contributed by atoms with Crippen LogP contribution in [0.2, 0.25) is 0 Å². The van der Waals surface area contributed by atoms with E-state index >= 15 is 0 Å². The fourth-order valence-corrected chi connectivity index (χ4v) is 4.89. The van der Waals surface area contributed by atoms with Gasteiger partial charge in [0.1, 0.15) is 18.5 Å². The van der Waals surface area contributed by atoms with Crippen molar-refractivity contribution in [1.82, 2.24) is 19.8 Å². The molecular weight excluding hydrogens is 444 g/mol. The lowest BCUT2D eigenvalue weighted by atomic mass is 9.92. The lowest BCUT2D eigenvalue weighted by molar-refractivity contribution is 0.0535. The largest absolute Gasteiger partial charge is 0.457 e. The van der Waals surface area contributed by atoms with Crippen LogP contribution in [-0.2, 0) is 17.9 Å². The summed E-state index contributed by atoms with van der Waals surface area (Å²) in [7, 11) is 0. The number of carbonyl (C=O) groups excluding carboxylic acids is 1. The minimum Gasteiger partial charge on any atom is -0.457 e. The van der Waals surface area contributed by atoms with Crippen LogP contribution in [0.15, 0.2) is 47.5 Å². The van der Waals surface area contributed by atoms with Gasteiger partial charge in [0.15, 0.2) is 0 Å². The first-order valence-electron chi connectivity index (χ1n) is 11.5. The molecule has 0 amide bonds. The quantitative estimate of drug-likeness (QED) is 0.553. The average Bonchev–Trinajstić information content (AvgIpc) is 3.20. The number of ether oxygens (including phenoxy) is 1. The Morgan fingerprint density at radius 2 is 2.06 bits per heavy atom. The highest BCUT2D eigenvalue weighted by molar-refractivity contribution is 5.94. The molecule has 3 aromatic rings. The van der Waals surface area contributed by atoms with Crippen molar-refractivity contribution in [3.63, 3.8) is 0 Å². The van der Waals surface area contributed by atoms with Gasteiger partial charge in [-0.3, -0.25) is 19.6 Å². The normalized spacial score (nSPS) is 19.8. The summed E-state index contributed by atoms with van der Waals surface area (Å²) in [6.07, 6.45) is 2.97. The van der Waals surface area contributed by atoms with Crippen LogP contribution in [0.1, 0.15) is 49.8 Å². The third kappa shape index (κ3) is 4.35.